The molecule has 1 aromatic heterocycles. The van der Waals surface area contributed by atoms with Gasteiger partial charge in [-0.15, -0.1) is 0 Å². The Labute approximate surface area is 109 Å². The highest BCUT2D eigenvalue weighted by atomic mass is 35.5. The zero-order chi connectivity index (χ0) is 12.4. The number of rotatable bonds is 2. The zero-order valence-electron chi connectivity index (χ0n) is 9.38. The molecule has 0 saturated heterocycles. The molecule has 2 aromatic carbocycles. The maximum atomic E-state index is 6.09. The van der Waals surface area contributed by atoms with Crippen LogP contribution in [0.5, 0.6) is 0 Å². The fourth-order valence-corrected chi connectivity index (χ4v) is 1.89. The lowest BCUT2D eigenvalue weighted by atomic mass is 10.2. The third-order valence-corrected chi connectivity index (χ3v) is 2.89. The molecule has 3 nitrogen and oxygen atoms in total. The van der Waals surface area contributed by atoms with Crippen LogP contribution < -0.4 is 0 Å². The summed E-state index contributed by atoms with van der Waals surface area (Å²) in [4.78, 5) is 4.35. The van der Waals surface area contributed by atoms with Crippen LogP contribution in [0.25, 0.3) is 22.8 Å². The number of hydrogen-bond acceptors (Lipinski definition) is 3. The largest absolute Gasteiger partial charge is 0.334 e. The Kier molecular flexibility index (Phi) is 2.82. The number of benzene rings is 2. The molecule has 0 N–H and O–H groups in total. The molecule has 0 atom stereocenters. The topological polar surface area (TPSA) is 38.9 Å². The van der Waals surface area contributed by atoms with Crippen molar-refractivity contribution in [2.45, 2.75) is 0 Å². The van der Waals surface area contributed by atoms with Crippen molar-refractivity contribution >= 4 is 11.6 Å². The zero-order valence-corrected chi connectivity index (χ0v) is 10.1. The maximum Gasteiger partial charge on any atom is 0.258 e. The summed E-state index contributed by atoms with van der Waals surface area (Å²) in [5, 5.41) is 4.56. The molecule has 0 unspecified atom stereocenters. The Morgan fingerprint density at radius 3 is 2.39 bits per heavy atom. The first-order valence-electron chi connectivity index (χ1n) is 5.48. The van der Waals surface area contributed by atoms with E-state index < -0.39 is 0 Å². The molecule has 0 fully saturated rings. The van der Waals surface area contributed by atoms with Gasteiger partial charge in [-0.25, -0.2) is 0 Å². The van der Waals surface area contributed by atoms with Crippen LogP contribution in [0.15, 0.2) is 59.1 Å². The molecule has 0 aliphatic carbocycles. The van der Waals surface area contributed by atoms with Gasteiger partial charge in [0.2, 0.25) is 5.82 Å². The van der Waals surface area contributed by atoms with Crippen molar-refractivity contribution < 1.29 is 4.52 Å². The molecule has 3 aromatic rings. The summed E-state index contributed by atoms with van der Waals surface area (Å²) in [5.41, 5.74) is 1.66. The number of halogens is 1. The van der Waals surface area contributed by atoms with Crippen LogP contribution in [0, 0.1) is 0 Å². The molecular formula is C14H9ClN2O. The van der Waals surface area contributed by atoms with Gasteiger partial charge in [-0.05, 0) is 24.3 Å². The van der Waals surface area contributed by atoms with Crippen LogP contribution in [0.4, 0.5) is 0 Å². The van der Waals surface area contributed by atoms with Crippen LogP contribution in [0.1, 0.15) is 0 Å². The molecule has 0 spiro atoms. The van der Waals surface area contributed by atoms with Crippen LogP contribution in [-0.4, -0.2) is 10.1 Å². The Balaban J connectivity index is 2.03. The quantitative estimate of drug-likeness (QED) is 0.694. The minimum atomic E-state index is 0.491. The average Bonchev–Trinajstić information content (AvgIpc) is 2.90. The Hall–Kier alpha value is -2.13. The number of nitrogens with zero attached hydrogens (tertiary/aromatic N) is 2. The predicted octanol–water partition coefficient (Wildman–Crippen LogP) is 4.06. The second-order valence-corrected chi connectivity index (χ2v) is 4.18. The van der Waals surface area contributed by atoms with Crippen LogP contribution in [-0.2, 0) is 0 Å². The van der Waals surface area contributed by atoms with E-state index >= 15 is 0 Å². The predicted molar refractivity (Wildman–Crippen MR) is 70.2 cm³/mol. The van der Waals surface area contributed by atoms with Crippen molar-refractivity contribution in [3.05, 3.63) is 59.6 Å². The highest BCUT2D eigenvalue weighted by Crippen LogP contribution is 2.27. The van der Waals surface area contributed by atoms with E-state index in [1.165, 1.54) is 0 Å². The van der Waals surface area contributed by atoms with Crippen molar-refractivity contribution in [2.75, 3.05) is 0 Å². The van der Waals surface area contributed by atoms with E-state index in [2.05, 4.69) is 10.1 Å². The highest BCUT2D eigenvalue weighted by Gasteiger charge is 2.12. The van der Waals surface area contributed by atoms with Gasteiger partial charge in [-0.1, -0.05) is 47.1 Å². The normalized spacial score (nSPS) is 10.5. The summed E-state index contributed by atoms with van der Waals surface area (Å²) in [6, 6.07) is 17.0. The molecule has 4 heteroatoms. The Bertz CT molecular complexity index is 664. The van der Waals surface area contributed by atoms with Crippen LogP contribution >= 0.6 is 11.6 Å². The standard InChI is InChI=1S/C14H9ClN2O/c15-12-9-5-4-8-11(12)13-16-14(18-17-13)10-6-2-1-3-7-10/h1-9H. The molecule has 0 radical (unpaired) electrons. The molecular weight excluding hydrogens is 248 g/mol. The number of hydrogen-bond donors (Lipinski definition) is 0. The molecule has 0 aliphatic heterocycles. The smallest absolute Gasteiger partial charge is 0.258 e. The van der Waals surface area contributed by atoms with Gasteiger partial charge in [0.15, 0.2) is 0 Å². The van der Waals surface area contributed by atoms with Crippen molar-refractivity contribution in [1.29, 1.82) is 0 Å². The lowest BCUT2D eigenvalue weighted by Crippen LogP contribution is -1.82. The van der Waals surface area contributed by atoms with E-state index in [0.29, 0.717) is 16.7 Å². The van der Waals surface area contributed by atoms with E-state index in [-0.39, 0.29) is 0 Å². The average molecular weight is 257 g/mol. The lowest BCUT2D eigenvalue weighted by molar-refractivity contribution is 0.432. The van der Waals surface area contributed by atoms with Crippen LogP contribution in [0.3, 0.4) is 0 Å². The summed E-state index contributed by atoms with van der Waals surface area (Å²) in [6.45, 7) is 0. The second-order valence-electron chi connectivity index (χ2n) is 3.77. The van der Waals surface area contributed by atoms with Gasteiger partial charge >= 0.3 is 0 Å². The van der Waals surface area contributed by atoms with Gasteiger partial charge in [-0.3, -0.25) is 0 Å². The molecule has 0 aliphatic rings. The third-order valence-electron chi connectivity index (χ3n) is 2.56. The van der Waals surface area contributed by atoms with Gasteiger partial charge in [0.25, 0.3) is 5.89 Å². The van der Waals surface area contributed by atoms with Gasteiger partial charge in [-0.2, -0.15) is 4.98 Å². The van der Waals surface area contributed by atoms with E-state index in [9.17, 15) is 0 Å². The Morgan fingerprint density at radius 1 is 0.889 bits per heavy atom. The summed E-state index contributed by atoms with van der Waals surface area (Å²) in [5.74, 6) is 0.991. The van der Waals surface area contributed by atoms with E-state index in [1.54, 1.807) is 6.07 Å². The molecule has 1 heterocycles. The van der Waals surface area contributed by atoms with Gasteiger partial charge in [0.05, 0.1) is 5.02 Å². The van der Waals surface area contributed by atoms with Gasteiger partial charge in [0.1, 0.15) is 0 Å². The highest BCUT2D eigenvalue weighted by molar-refractivity contribution is 6.33. The van der Waals surface area contributed by atoms with Crippen molar-refractivity contribution in [3.63, 3.8) is 0 Å². The van der Waals surface area contributed by atoms with Crippen molar-refractivity contribution in [2.24, 2.45) is 0 Å². The van der Waals surface area contributed by atoms with E-state index in [4.69, 9.17) is 16.1 Å². The fraction of sp³-hybridized carbons (Fsp3) is 0. The summed E-state index contributed by atoms with van der Waals surface area (Å²) in [7, 11) is 0. The van der Waals surface area contributed by atoms with E-state index in [0.717, 1.165) is 11.1 Å². The van der Waals surface area contributed by atoms with Gasteiger partial charge < -0.3 is 4.52 Å². The summed E-state index contributed by atoms with van der Waals surface area (Å²) >= 11 is 6.09. The molecule has 88 valence electrons. The first-order valence-corrected chi connectivity index (χ1v) is 5.86. The molecule has 18 heavy (non-hydrogen) atoms. The summed E-state index contributed by atoms with van der Waals surface area (Å²) in [6.07, 6.45) is 0. The molecule has 0 amide bonds. The monoisotopic (exact) mass is 256 g/mol. The van der Waals surface area contributed by atoms with E-state index in [1.807, 2.05) is 48.5 Å². The fourth-order valence-electron chi connectivity index (χ4n) is 1.67. The van der Waals surface area contributed by atoms with Crippen LogP contribution in [0.2, 0.25) is 5.02 Å². The minimum Gasteiger partial charge on any atom is -0.334 e. The first-order chi connectivity index (χ1) is 8.84. The van der Waals surface area contributed by atoms with Gasteiger partial charge in [0, 0.05) is 11.1 Å². The lowest BCUT2D eigenvalue weighted by Gasteiger charge is -1.96. The first kappa shape index (κ1) is 11.0. The second kappa shape index (κ2) is 4.63. The van der Waals surface area contributed by atoms with Crippen molar-refractivity contribution in [3.8, 4) is 22.8 Å². The molecule has 3 rings (SSSR count). The Morgan fingerprint density at radius 2 is 1.61 bits per heavy atom. The molecule has 0 saturated carbocycles. The molecule has 0 bridgehead atoms. The maximum absolute atomic E-state index is 6.09. The van der Waals surface area contributed by atoms with Crippen molar-refractivity contribution in [1.82, 2.24) is 10.1 Å². The third kappa shape index (κ3) is 2.00. The summed E-state index contributed by atoms with van der Waals surface area (Å²) < 4.78 is 5.24. The SMILES string of the molecule is Clc1ccccc1-c1noc(-c2ccccc2)n1. The minimum absolute atomic E-state index is 0.491. The number of aromatic nitrogens is 2.